The van der Waals surface area contributed by atoms with Gasteiger partial charge in [0.25, 0.3) is 0 Å². The van der Waals surface area contributed by atoms with Crippen LogP contribution in [-0.4, -0.2) is 49.7 Å². The molecule has 2 saturated heterocycles. The Morgan fingerprint density at radius 3 is 3.39 bits per heavy atom. The predicted octanol–water partition coefficient (Wildman–Crippen LogP) is 1.56. The lowest BCUT2D eigenvalue weighted by Gasteiger charge is -2.50. The van der Waals surface area contributed by atoms with Crippen LogP contribution in [0.3, 0.4) is 0 Å². The van der Waals surface area contributed by atoms with Crippen LogP contribution < -0.4 is 4.90 Å². The molecule has 2 aliphatic rings. The zero-order valence-electron chi connectivity index (χ0n) is 10.7. The number of ether oxygens (including phenoxy) is 2. The van der Waals surface area contributed by atoms with Gasteiger partial charge in [-0.15, -0.1) is 10.2 Å². The van der Waals surface area contributed by atoms with E-state index in [1.807, 2.05) is 0 Å². The summed E-state index contributed by atoms with van der Waals surface area (Å²) in [6.45, 7) is 3.65. The molecule has 3 rings (SSSR count). The van der Waals surface area contributed by atoms with Crippen LogP contribution in [0.25, 0.3) is 0 Å². The third-order valence-corrected chi connectivity index (χ3v) is 4.79. The van der Waals surface area contributed by atoms with Crippen molar-refractivity contribution in [3.63, 3.8) is 0 Å². The van der Waals surface area contributed by atoms with Gasteiger partial charge < -0.3 is 14.4 Å². The van der Waals surface area contributed by atoms with Crippen molar-refractivity contribution in [2.45, 2.75) is 25.4 Å². The molecule has 0 amide bonds. The van der Waals surface area contributed by atoms with Gasteiger partial charge in [-0.05, 0) is 19.3 Å². The molecule has 0 aliphatic carbocycles. The second-order valence-electron chi connectivity index (χ2n) is 5.19. The first-order valence-electron chi connectivity index (χ1n) is 6.46. The Morgan fingerprint density at radius 2 is 2.61 bits per heavy atom. The van der Waals surface area contributed by atoms with Crippen LogP contribution in [-0.2, 0) is 9.47 Å². The molecule has 0 unspecified atom stereocenters. The van der Waals surface area contributed by atoms with E-state index >= 15 is 0 Å². The van der Waals surface area contributed by atoms with E-state index in [4.69, 9.17) is 9.47 Å². The lowest BCUT2D eigenvalue weighted by Crippen LogP contribution is -2.57. The smallest absolute Gasteiger partial charge is 0.208 e. The molecular weight excluding hydrogens is 250 g/mol. The highest BCUT2D eigenvalue weighted by molar-refractivity contribution is 7.13. The largest absolute Gasteiger partial charge is 0.384 e. The maximum atomic E-state index is 5.96. The summed E-state index contributed by atoms with van der Waals surface area (Å²) in [5.74, 6) is 0. The molecule has 0 saturated carbocycles. The van der Waals surface area contributed by atoms with Crippen molar-refractivity contribution in [3.8, 4) is 0 Å². The molecule has 0 radical (unpaired) electrons. The first-order valence-corrected chi connectivity index (χ1v) is 7.34. The summed E-state index contributed by atoms with van der Waals surface area (Å²) in [6, 6.07) is 0. The molecule has 18 heavy (non-hydrogen) atoms. The standard InChI is InChI=1S/C12H19N3O2S/c1-16-8-12-4-2-6-17-10(12)3-5-15(7-12)11-14-13-9-18-11/h9-10H,2-8H2,1H3/t10-,12+/m1/s1. The molecule has 0 N–H and O–H groups in total. The maximum absolute atomic E-state index is 5.96. The molecule has 2 fully saturated rings. The molecule has 2 atom stereocenters. The van der Waals surface area contributed by atoms with Gasteiger partial charge in [0.1, 0.15) is 5.51 Å². The third-order valence-electron chi connectivity index (χ3n) is 4.04. The second-order valence-corrected chi connectivity index (χ2v) is 6.00. The molecule has 6 heteroatoms. The summed E-state index contributed by atoms with van der Waals surface area (Å²) in [7, 11) is 1.78. The molecular formula is C12H19N3O2S. The van der Waals surface area contributed by atoms with Gasteiger partial charge in [0.15, 0.2) is 0 Å². The van der Waals surface area contributed by atoms with Gasteiger partial charge in [-0.1, -0.05) is 11.3 Å². The van der Waals surface area contributed by atoms with Crippen LogP contribution >= 0.6 is 11.3 Å². The molecule has 0 spiro atoms. The van der Waals surface area contributed by atoms with Gasteiger partial charge in [0.2, 0.25) is 5.13 Å². The van der Waals surface area contributed by atoms with Gasteiger partial charge in [0.05, 0.1) is 12.7 Å². The zero-order valence-corrected chi connectivity index (χ0v) is 11.5. The highest BCUT2D eigenvalue weighted by Crippen LogP contribution is 2.41. The molecule has 100 valence electrons. The first-order chi connectivity index (χ1) is 8.84. The van der Waals surface area contributed by atoms with E-state index in [0.29, 0.717) is 6.10 Å². The van der Waals surface area contributed by atoms with Crippen LogP contribution in [0.4, 0.5) is 5.13 Å². The average molecular weight is 269 g/mol. The van der Waals surface area contributed by atoms with Crippen molar-refractivity contribution in [3.05, 3.63) is 5.51 Å². The number of rotatable bonds is 3. The highest BCUT2D eigenvalue weighted by atomic mass is 32.1. The fraction of sp³-hybridized carbons (Fsp3) is 0.833. The van der Waals surface area contributed by atoms with E-state index in [9.17, 15) is 0 Å². The summed E-state index contributed by atoms with van der Waals surface area (Å²) in [4.78, 5) is 2.34. The topological polar surface area (TPSA) is 47.5 Å². The van der Waals surface area contributed by atoms with E-state index in [-0.39, 0.29) is 5.41 Å². The van der Waals surface area contributed by atoms with Gasteiger partial charge >= 0.3 is 0 Å². The molecule has 0 bridgehead atoms. The number of nitrogens with zero attached hydrogens (tertiary/aromatic N) is 3. The molecule has 1 aromatic heterocycles. The number of methoxy groups -OCH3 is 1. The Labute approximate surface area is 111 Å². The lowest BCUT2D eigenvalue weighted by molar-refractivity contribution is -0.119. The van der Waals surface area contributed by atoms with Crippen LogP contribution in [0.2, 0.25) is 0 Å². The first kappa shape index (κ1) is 12.3. The highest BCUT2D eigenvalue weighted by Gasteiger charge is 2.46. The van der Waals surface area contributed by atoms with Crippen molar-refractivity contribution in [2.75, 3.05) is 38.3 Å². The van der Waals surface area contributed by atoms with E-state index in [2.05, 4.69) is 15.1 Å². The van der Waals surface area contributed by atoms with Crippen molar-refractivity contribution in [2.24, 2.45) is 5.41 Å². The summed E-state index contributed by atoms with van der Waals surface area (Å²) >= 11 is 1.61. The number of anilines is 1. The Morgan fingerprint density at radius 1 is 1.67 bits per heavy atom. The average Bonchev–Trinajstić information content (AvgIpc) is 2.92. The number of aromatic nitrogens is 2. The summed E-state index contributed by atoms with van der Waals surface area (Å²) in [5.41, 5.74) is 1.93. The number of fused-ring (bicyclic) bond motifs is 1. The number of hydrogen-bond acceptors (Lipinski definition) is 6. The number of piperidine rings is 1. The van der Waals surface area contributed by atoms with E-state index in [1.54, 1.807) is 24.0 Å². The van der Waals surface area contributed by atoms with E-state index in [1.165, 1.54) is 6.42 Å². The zero-order chi connectivity index (χ0) is 12.4. The lowest BCUT2D eigenvalue weighted by atomic mass is 9.73. The third kappa shape index (κ3) is 2.13. The van der Waals surface area contributed by atoms with Crippen LogP contribution in [0.1, 0.15) is 19.3 Å². The van der Waals surface area contributed by atoms with Gasteiger partial charge in [-0.2, -0.15) is 0 Å². The molecule has 3 heterocycles. The van der Waals surface area contributed by atoms with E-state index in [0.717, 1.165) is 44.3 Å². The minimum atomic E-state index is 0.136. The Bertz CT molecular complexity index is 383. The second kappa shape index (κ2) is 5.11. The van der Waals surface area contributed by atoms with Crippen molar-refractivity contribution >= 4 is 16.5 Å². The van der Waals surface area contributed by atoms with Crippen LogP contribution in [0, 0.1) is 5.41 Å². The minimum Gasteiger partial charge on any atom is -0.384 e. The fourth-order valence-electron chi connectivity index (χ4n) is 3.26. The fourth-order valence-corrected chi connectivity index (χ4v) is 3.84. The monoisotopic (exact) mass is 269 g/mol. The maximum Gasteiger partial charge on any atom is 0.208 e. The molecule has 5 nitrogen and oxygen atoms in total. The molecule has 0 aromatic carbocycles. The van der Waals surface area contributed by atoms with Crippen molar-refractivity contribution in [1.82, 2.24) is 10.2 Å². The molecule has 1 aromatic rings. The van der Waals surface area contributed by atoms with E-state index < -0.39 is 0 Å². The Hall–Kier alpha value is -0.720. The van der Waals surface area contributed by atoms with Crippen LogP contribution in [0.15, 0.2) is 5.51 Å². The van der Waals surface area contributed by atoms with Crippen LogP contribution in [0.5, 0.6) is 0 Å². The van der Waals surface area contributed by atoms with Crippen molar-refractivity contribution < 1.29 is 9.47 Å². The quantitative estimate of drug-likeness (QED) is 0.833. The van der Waals surface area contributed by atoms with Crippen molar-refractivity contribution in [1.29, 1.82) is 0 Å². The van der Waals surface area contributed by atoms with Gasteiger partial charge in [0, 0.05) is 32.2 Å². The Kier molecular flexibility index (Phi) is 3.50. The summed E-state index contributed by atoms with van der Waals surface area (Å²) < 4.78 is 11.4. The number of hydrogen-bond donors (Lipinski definition) is 0. The molecule has 2 aliphatic heterocycles. The summed E-state index contributed by atoms with van der Waals surface area (Å²) in [6.07, 6.45) is 3.71. The van der Waals surface area contributed by atoms with Gasteiger partial charge in [-0.3, -0.25) is 0 Å². The Balaban J connectivity index is 1.80. The normalized spacial score (nSPS) is 32.3. The van der Waals surface area contributed by atoms with Gasteiger partial charge in [-0.25, -0.2) is 0 Å². The minimum absolute atomic E-state index is 0.136. The summed E-state index contributed by atoms with van der Waals surface area (Å²) in [5, 5.41) is 9.14. The SMILES string of the molecule is COC[C@@]12CCCO[C@@H]1CCN(c1nncs1)C2. The predicted molar refractivity (Wildman–Crippen MR) is 70.0 cm³/mol.